The quantitative estimate of drug-likeness (QED) is 0.133. The average molecular weight is 486 g/mol. The molecule has 0 spiro atoms. The first-order chi connectivity index (χ1) is 15.5. The van der Waals surface area contributed by atoms with Gasteiger partial charge in [0.05, 0.1) is 12.4 Å². The normalized spacial score (nSPS) is 14.6. The van der Waals surface area contributed by atoms with Gasteiger partial charge in [-0.1, -0.05) is 13.8 Å². The van der Waals surface area contributed by atoms with Crippen molar-refractivity contribution in [2.24, 2.45) is 17.4 Å². The summed E-state index contributed by atoms with van der Waals surface area (Å²) in [5.74, 6) is -4.52. The van der Waals surface area contributed by atoms with Crippen molar-refractivity contribution in [3.05, 3.63) is 18.2 Å². The number of primary amides is 1. The van der Waals surface area contributed by atoms with Crippen molar-refractivity contribution < 1.29 is 29.1 Å². The third kappa shape index (κ3) is 9.49. The Bertz CT molecular complexity index is 833. The summed E-state index contributed by atoms with van der Waals surface area (Å²) < 4.78 is 0. The number of carbonyl (C=O) groups is 5. The molecule has 1 aromatic rings. The molecule has 14 heteroatoms. The van der Waals surface area contributed by atoms with Gasteiger partial charge in [0, 0.05) is 30.5 Å². The highest BCUT2D eigenvalue weighted by molar-refractivity contribution is 7.80. The second-order valence-corrected chi connectivity index (χ2v) is 8.13. The second kappa shape index (κ2) is 13.4. The number of rotatable bonds is 14. The molecule has 0 aliphatic carbocycles. The summed E-state index contributed by atoms with van der Waals surface area (Å²) in [6.07, 6.45) is 2.46. The topological polar surface area (TPSA) is 222 Å². The van der Waals surface area contributed by atoms with E-state index in [1.165, 1.54) is 12.5 Å². The van der Waals surface area contributed by atoms with E-state index in [4.69, 9.17) is 11.5 Å². The number of imidazole rings is 1. The fraction of sp³-hybridized carbons (Fsp3) is 0.579. The summed E-state index contributed by atoms with van der Waals surface area (Å²) >= 11 is 3.96. The average Bonchev–Trinajstić information content (AvgIpc) is 3.25. The molecule has 13 nitrogen and oxygen atoms in total. The molecule has 0 fully saturated rings. The summed E-state index contributed by atoms with van der Waals surface area (Å²) in [7, 11) is 0. The predicted molar refractivity (Wildman–Crippen MR) is 121 cm³/mol. The molecular formula is C19H31N7O6S. The zero-order valence-corrected chi connectivity index (χ0v) is 19.3. The molecule has 4 atom stereocenters. The molecule has 1 heterocycles. The molecule has 0 aromatic carbocycles. The lowest BCUT2D eigenvalue weighted by atomic mass is 10.0. The van der Waals surface area contributed by atoms with Crippen molar-refractivity contribution in [1.82, 2.24) is 25.9 Å². The minimum Gasteiger partial charge on any atom is -0.480 e. The Labute approximate surface area is 196 Å². The molecule has 1 rings (SSSR count). The van der Waals surface area contributed by atoms with E-state index in [0.29, 0.717) is 5.69 Å². The first-order valence-corrected chi connectivity index (χ1v) is 10.8. The standard InChI is InChI=1S/C19H31N7O6S/c1-9(2)15(19(31)32)26-17(29)12(3-4-14(21)27)24-18(30)13(5-10-6-22-8-23-10)25-16(28)11(20)7-33/h6,8-9,11-13,15,33H,3-5,7,20H2,1-2H3,(H2,21,27)(H,22,23)(H,24,30)(H,25,28)(H,26,29)(H,31,32). The number of thiol groups is 1. The van der Waals surface area contributed by atoms with E-state index in [1.807, 2.05) is 0 Å². The Kier molecular flexibility index (Phi) is 11.4. The van der Waals surface area contributed by atoms with Crippen LogP contribution in [-0.4, -0.2) is 74.6 Å². The molecule has 0 aliphatic rings. The van der Waals surface area contributed by atoms with Crippen molar-refractivity contribution >= 4 is 42.2 Å². The summed E-state index contributed by atoms with van der Waals surface area (Å²) in [5, 5.41) is 16.7. The molecular weight excluding hydrogens is 454 g/mol. The fourth-order valence-corrected chi connectivity index (χ4v) is 2.95. The SMILES string of the molecule is CC(C)C(NC(=O)C(CCC(N)=O)NC(=O)C(Cc1cnc[nH]1)NC(=O)C(N)CS)C(=O)O. The molecule has 9 N–H and O–H groups in total. The molecule has 0 saturated carbocycles. The van der Waals surface area contributed by atoms with Gasteiger partial charge < -0.3 is 37.5 Å². The maximum Gasteiger partial charge on any atom is 0.326 e. The van der Waals surface area contributed by atoms with Gasteiger partial charge in [0.2, 0.25) is 23.6 Å². The number of carboxylic acid groups (broad SMARTS) is 1. The van der Waals surface area contributed by atoms with Gasteiger partial charge in [-0.05, 0) is 12.3 Å². The Morgan fingerprint density at radius 2 is 1.70 bits per heavy atom. The van der Waals surface area contributed by atoms with Gasteiger partial charge in [0.1, 0.15) is 18.1 Å². The van der Waals surface area contributed by atoms with Gasteiger partial charge in [-0.2, -0.15) is 12.6 Å². The number of nitrogens with zero attached hydrogens (tertiary/aromatic N) is 1. The molecule has 0 bridgehead atoms. The van der Waals surface area contributed by atoms with Gasteiger partial charge in [-0.3, -0.25) is 19.2 Å². The zero-order valence-electron chi connectivity index (χ0n) is 18.4. The van der Waals surface area contributed by atoms with Crippen LogP contribution in [0.3, 0.4) is 0 Å². The van der Waals surface area contributed by atoms with E-state index >= 15 is 0 Å². The van der Waals surface area contributed by atoms with E-state index in [2.05, 4.69) is 38.5 Å². The predicted octanol–water partition coefficient (Wildman–Crippen LogP) is -2.33. The summed E-state index contributed by atoms with van der Waals surface area (Å²) in [6, 6.07) is -4.60. The highest BCUT2D eigenvalue weighted by Crippen LogP contribution is 2.06. The van der Waals surface area contributed by atoms with E-state index in [-0.39, 0.29) is 25.0 Å². The van der Waals surface area contributed by atoms with Crippen LogP contribution in [-0.2, 0) is 30.4 Å². The number of nitrogens with one attached hydrogen (secondary N) is 4. The van der Waals surface area contributed by atoms with Gasteiger partial charge in [-0.25, -0.2) is 9.78 Å². The summed E-state index contributed by atoms with van der Waals surface area (Å²) in [4.78, 5) is 67.4. The number of carboxylic acids is 1. The summed E-state index contributed by atoms with van der Waals surface area (Å²) in [6.45, 7) is 3.22. The van der Waals surface area contributed by atoms with Gasteiger partial charge in [-0.15, -0.1) is 0 Å². The third-order valence-electron chi connectivity index (χ3n) is 4.69. The minimum atomic E-state index is -1.27. The van der Waals surface area contributed by atoms with Gasteiger partial charge >= 0.3 is 5.97 Å². The molecule has 0 aliphatic heterocycles. The van der Waals surface area contributed by atoms with Crippen LogP contribution in [0.25, 0.3) is 0 Å². The first kappa shape index (κ1) is 27.9. The maximum atomic E-state index is 13.0. The number of aromatic amines is 1. The molecule has 1 aromatic heterocycles. The molecule has 4 amide bonds. The lowest BCUT2D eigenvalue weighted by Gasteiger charge is -2.25. The van der Waals surface area contributed by atoms with Crippen LogP contribution in [0.2, 0.25) is 0 Å². The molecule has 184 valence electrons. The molecule has 0 radical (unpaired) electrons. The van der Waals surface area contributed by atoms with E-state index in [1.54, 1.807) is 13.8 Å². The fourth-order valence-electron chi connectivity index (χ4n) is 2.78. The lowest BCUT2D eigenvalue weighted by molar-refractivity contribution is -0.143. The van der Waals surface area contributed by atoms with E-state index in [9.17, 15) is 29.1 Å². The molecule has 4 unspecified atom stereocenters. The van der Waals surface area contributed by atoms with Crippen LogP contribution < -0.4 is 27.4 Å². The van der Waals surface area contributed by atoms with Gasteiger partial charge in [0.15, 0.2) is 0 Å². The van der Waals surface area contributed by atoms with E-state index < -0.39 is 59.7 Å². The second-order valence-electron chi connectivity index (χ2n) is 7.77. The van der Waals surface area contributed by atoms with Crippen LogP contribution >= 0.6 is 12.6 Å². The van der Waals surface area contributed by atoms with Crippen LogP contribution in [0.1, 0.15) is 32.4 Å². The summed E-state index contributed by atoms with van der Waals surface area (Å²) in [5.41, 5.74) is 11.4. The smallest absolute Gasteiger partial charge is 0.326 e. The van der Waals surface area contributed by atoms with Crippen molar-refractivity contribution in [1.29, 1.82) is 0 Å². The zero-order chi connectivity index (χ0) is 25.1. The van der Waals surface area contributed by atoms with Crippen molar-refractivity contribution in [2.75, 3.05) is 5.75 Å². The lowest BCUT2D eigenvalue weighted by Crippen LogP contribution is -2.58. The number of H-pyrrole nitrogens is 1. The Morgan fingerprint density at radius 3 is 2.18 bits per heavy atom. The van der Waals surface area contributed by atoms with Crippen LogP contribution in [0, 0.1) is 5.92 Å². The third-order valence-corrected chi connectivity index (χ3v) is 5.08. The van der Waals surface area contributed by atoms with Crippen molar-refractivity contribution in [3.8, 4) is 0 Å². The van der Waals surface area contributed by atoms with Crippen molar-refractivity contribution in [3.63, 3.8) is 0 Å². The van der Waals surface area contributed by atoms with Gasteiger partial charge in [0.25, 0.3) is 0 Å². The maximum absolute atomic E-state index is 13.0. The minimum absolute atomic E-state index is 0.00473. The van der Waals surface area contributed by atoms with Crippen LogP contribution in [0.4, 0.5) is 0 Å². The number of nitrogens with two attached hydrogens (primary N) is 2. The number of aromatic nitrogens is 2. The molecule has 0 saturated heterocycles. The van der Waals surface area contributed by atoms with Crippen molar-refractivity contribution in [2.45, 2.75) is 57.3 Å². The van der Waals surface area contributed by atoms with Crippen LogP contribution in [0.5, 0.6) is 0 Å². The number of hydrogen-bond acceptors (Lipinski definition) is 8. The number of aliphatic carboxylic acids is 1. The largest absolute Gasteiger partial charge is 0.480 e. The first-order valence-electron chi connectivity index (χ1n) is 10.2. The van der Waals surface area contributed by atoms with Crippen LogP contribution in [0.15, 0.2) is 12.5 Å². The number of amides is 4. The number of carbonyl (C=O) groups excluding carboxylic acids is 4. The Hall–Kier alpha value is -3.13. The molecule has 33 heavy (non-hydrogen) atoms. The Balaban J connectivity index is 3.06. The van der Waals surface area contributed by atoms with E-state index in [0.717, 1.165) is 0 Å². The highest BCUT2D eigenvalue weighted by atomic mass is 32.1. The highest BCUT2D eigenvalue weighted by Gasteiger charge is 2.31. The Morgan fingerprint density at radius 1 is 1.09 bits per heavy atom. The monoisotopic (exact) mass is 485 g/mol. The number of hydrogen-bond donors (Lipinski definition) is 8.